The van der Waals surface area contributed by atoms with Crippen molar-refractivity contribution in [3.8, 4) is 5.82 Å². The molecular weight excluding hydrogens is 231 g/mol. The average molecular weight is 246 g/mol. The Kier molecular flexibility index (Phi) is 3.06. The SMILES string of the molecule is Fc1ccc(-n2cncc2C2CCNCC2)nc1. The topological polar surface area (TPSA) is 42.7 Å². The normalized spacial score (nSPS) is 16.9. The number of piperidine rings is 1. The molecule has 1 N–H and O–H groups in total. The quantitative estimate of drug-likeness (QED) is 0.879. The summed E-state index contributed by atoms with van der Waals surface area (Å²) in [7, 11) is 0. The molecular formula is C13H15FN4. The van der Waals surface area contributed by atoms with Crippen molar-refractivity contribution >= 4 is 0 Å². The van der Waals surface area contributed by atoms with E-state index in [1.54, 1.807) is 12.4 Å². The van der Waals surface area contributed by atoms with Crippen LogP contribution in [-0.2, 0) is 0 Å². The van der Waals surface area contributed by atoms with Crippen LogP contribution in [0.25, 0.3) is 5.82 Å². The van der Waals surface area contributed by atoms with E-state index in [0.717, 1.165) is 37.4 Å². The molecule has 4 nitrogen and oxygen atoms in total. The first-order valence-corrected chi connectivity index (χ1v) is 6.19. The van der Waals surface area contributed by atoms with Crippen LogP contribution in [0.15, 0.2) is 30.9 Å². The fourth-order valence-corrected chi connectivity index (χ4v) is 2.43. The Morgan fingerprint density at radius 1 is 1.22 bits per heavy atom. The Bertz CT molecular complexity index is 514. The lowest BCUT2D eigenvalue weighted by Gasteiger charge is -2.23. The number of pyridine rings is 1. The van der Waals surface area contributed by atoms with Crippen LogP contribution in [0.3, 0.4) is 0 Å². The number of hydrogen-bond acceptors (Lipinski definition) is 3. The molecule has 3 heterocycles. The number of hydrogen-bond donors (Lipinski definition) is 1. The molecule has 0 aromatic carbocycles. The first-order valence-electron chi connectivity index (χ1n) is 6.19. The minimum atomic E-state index is -0.317. The summed E-state index contributed by atoms with van der Waals surface area (Å²) in [6.07, 6.45) is 7.08. The highest BCUT2D eigenvalue weighted by atomic mass is 19.1. The van der Waals surface area contributed by atoms with Crippen LogP contribution in [0.4, 0.5) is 4.39 Å². The maximum atomic E-state index is 12.9. The van der Waals surface area contributed by atoms with Gasteiger partial charge >= 0.3 is 0 Å². The number of nitrogens with zero attached hydrogens (tertiary/aromatic N) is 3. The van der Waals surface area contributed by atoms with Crippen molar-refractivity contribution in [2.24, 2.45) is 0 Å². The predicted octanol–water partition coefficient (Wildman–Crippen LogP) is 1.87. The maximum Gasteiger partial charge on any atom is 0.141 e. The summed E-state index contributed by atoms with van der Waals surface area (Å²) in [5.41, 5.74) is 1.16. The Hall–Kier alpha value is -1.75. The highest BCUT2D eigenvalue weighted by Crippen LogP contribution is 2.26. The molecule has 1 fully saturated rings. The third kappa shape index (κ3) is 2.13. The zero-order valence-corrected chi connectivity index (χ0v) is 10.0. The molecule has 94 valence electrons. The minimum Gasteiger partial charge on any atom is -0.317 e. The van der Waals surface area contributed by atoms with Gasteiger partial charge in [-0.3, -0.25) is 4.57 Å². The Morgan fingerprint density at radius 2 is 2.06 bits per heavy atom. The van der Waals surface area contributed by atoms with Crippen molar-refractivity contribution in [2.45, 2.75) is 18.8 Å². The lowest BCUT2D eigenvalue weighted by Crippen LogP contribution is -2.27. The summed E-state index contributed by atoms with van der Waals surface area (Å²) < 4.78 is 14.8. The van der Waals surface area contributed by atoms with Crippen molar-refractivity contribution in [1.29, 1.82) is 0 Å². The van der Waals surface area contributed by atoms with Gasteiger partial charge in [0.15, 0.2) is 0 Å². The lowest BCUT2D eigenvalue weighted by molar-refractivity contribution is 0.449. The summed E-state index contributed by atoms with van der Waals surface area (Å²) in [6, 6.07) is 3.11. The molecule has 0 radical (unpaired) electrons. The van der Waals surface area contributed by atoms with E-state index >= 15 is 0 Å². The summed E-state index contributed by atoms with van der Waals surface area (Å²) in [5, 5.41) is 3.35. The standard InChI is InChI=1S/C13H15FN4/c14-11-1-2-13(17-7-11)18-9-16-8-12(18)10-3-5-15-6-4-10/h1-2,7-10,15H,3-6H2. The zero-order valence-electron chi connectivity index (χ0n) is 10.0. The summed E-state index contributed by atoms with van der Waals surface area (Å²) in [6.45, 7) is 2.07. The molecule has 5 heteroatoms. The molecule has 0 bridgehead atoms. The Morgan fingerprint density at radius 3 is 2.78 bits per heavy atom. The van der Waals surface area contributed by atoms with Crippen LogP contribution < -0.4 is 5.32 Å². The van der Waals surface area contributed by atoms with Crippen LogP contribution >= 0.6 is 0 Å². The Balaban J connectivity index is 1.93. The van der Waals surface area contributed by atoms with Crippen LogP contribution in [0.5, 0.6) is 0 Å². The highest BCUT2D eigenvalue weighted by Gasteiger charge is 2.19. The molecule has 0 spiro atoms. The van der Waals surface area contributed by atoms with Crippen LogP contribution in [0.2, 0.25) is 0 Å². The van der Waals surface area contributed by atoms with E-state index in [4.69, 9.17) is 0 Å². The number of nitrogens with one attached hydrogen (secondary N) is 1. The molecule has 0 amide bonds. The molecule has 2 aromatic heterocycles. The second-order valence-electron chi connectivity index (χ2n) is 4.55. The van der Waals surface area contributed by atoms with Crippen molar-refractivity contribution in [1.82, 2.24) is 19.9 Å². The smallest absolute Gasteiger partial charge is 0.141 e. The van der Waals surface area contributed by atoms with Gasteiger partial charge in [0.1, 0.15) is 18.0 Å². The van der Waals surface area contributed by atoms with E-state index in [2.05, 4.69) is 15.3 Å². The van der Waals surface area contributed by atoms with Gasteiger partial charge in [-0.25, -0.2) is 14.4 Å². The van der Waals surface area contributed by atoms with E-state index in [0.29, 0.717) is 5.92 Å². The fraction of sp³-hybridized carbons (Fsp3) is 0.385. The molecule has 3 rings (SSSR count). The molecule has 0 saturated carbocycles. The third-order valence-electron chi connectivity index (χ3n) is 3.38. The molecule has 0 aliphatic carbocycles. The number of imidazole rings is 1. The van der Waals surface area contributed by atoms with Gasteiger partial charge in [-0.1, -0.05) is 0 Å². The van der Waals surface area contributed by atoms with Crippen LogP contribution in [0, 0.1) is 5.82 Å². The van der Waals surface area contributed by atoms with Crippen LogP contribution in [-0.4, -0.2) is 27.6 Å². The Labute approximate surface area is 105 Å². The van der Waals surface area contributed by atoms with Gasteiger partial charge < -0.3 is 5.32 Å². The average Bonchev–Trinajstić information content (AvgIpc) is 2.90. The van der Waals surface area contributed by atoms with E-state index in [9.17, 15) is 4.39 Å². The van der Waals surface area contributed by atoms with Gasteiger partial charge in [0, 0.05) is 17.8 Å². The third-order valence-corrected chi connectivity index (χ3v) is 3.38. The molecule has 1 aliphatic heterocycles. The first kappa shape index (κ1) is 11.3. The molecule has 2 aromatic rings. The van der Waals surface area contributed by atoms with E-state index in [1.807, 2.05) is 10.8 Å². The summed E-state index contributed by atoms with van der Waals surface area (Å²) in [4.78, 5) is 8.31. The number of aromatic nitrogens is 3. The van der Waals surface area contributed by atoms with E-state index in [-0.39, 0.29) is 5.82 Å². The van der Waals surface area contributed by atoms with E-state index < -0.39 is 0 Å². The van der Waals surface area contributed by atoms with Gasteiger partial charge in [-0.05, 0) is 38.1 Å². The fourth-order valence-electron chi connectivity index (χ4n) is 2.43. The van der Waals surface area contributed by atoms with Gasteiger partial charge in [-0.15, -0.1) is 0 Å². The first-order chi connectivity index (χ1) is 8.84. The highest BCUT2D eigenvalue weighted by molar-refractivity contribution is 5.27. The molecule has 0 unspecified atom stereocenters. The zero-order chi connectivity index (χ0) is 12.4. The number of rotatable bonds is 2. The van der Waals surface area contributed by atoms with Gasteiger partial charge in [0.25, 0.3) is 0 Å². The van der Waals surface area contributed by atoms with Crippen molar-refractivity contribution in [3.05, 3.63) is 42.4 Å². The summed E-state index contributed by atoms with van der Waals surface area (Å²) in [5.74, 6) is 0.908. The molecule has 1 aliphatic rings. The van der Waals surface area contributed by atoms with Gasteiger partial charge in [-0.2, -0.15) is 0 Å². The van der Waals surface area contributed by atoms with Gasteiger partial charge in [0.2, 0.25) is 0 Å². The second-order valence-corrected chi connectivity index (χ2v) is 4.55. The van der Waals surface area contributed by atoms with Crippen molar-refractivity contribution in [3.63, 3.8) is 0 Å². The van der Waals surface area contributed by atoms with Crippen molar-refractivity contribution < 1.29 is 4.39 Å². The van der Waals surface area contributed by atoms with Crippen molar-refractivity contribution in [2.75, 3.05) is 13.1 Å². The number of halogens is 1. The predicted molar refractivity (Wildman–Crippen MR) is 66.2 cm³/mol. The van der Waals surface area contributed by atoms with Gasteiger partial charge in [0.05, 0.1) is 6.20 Å². The lowest BCUT2D eigenvalue weighted by atomic mass is 9.95. The molecule has 0 atom stereocenters. The van der Waals surface area contributed by atoms with Crippen LogP contribution in [0.1, 0.15) is 24.5 Å². The monoisotopic (exact) mass is 246 g/mol. The minimum absolute atomic E-state index is 0.317. The molecule has 18 heavy (non-hydrogen) atoms. The summed E-state index contributed by atoms with van der Waals surface area (Å²) >= 11 is 0. The van der Waals surface area contributed by atoms with E-state index in [1.165, 1.54) is 12.3 Å². The second kappa shape index (κ2) is 4.86. The molecule has 1 saturated heterocycles. The largest absolute Gasteiger partial charge is 0.317 e. The maximum absolute atomic E-state index is 12.9.